The highest BCUT2D eigenvalue weighted by atomic mass is 16.5. The Morgan fingerprint density at radius 1 is 0.947 bits per heavy atom. The Morgan fingerprint density at radius 2 is 1.79 bits per heavy atom. The van der Waals surface area contributed by atoms with Crippen molar-refractivity contribution in [3.8, 4) is 5.75 Å². The van der Waals surface area contributed by atoms with Gasteiger partial charge >= 0.3 is 0 Å². The number of rotatable bonds is 10. The maximum atomic E-state index is 13.4. The molecule has 0 bridgehead atoms. The molecule has 0 radical (unpaired) electrons. The number of anilines is 2. The summed E-state index contributed by atoms with van der Waals surface area (Å²) in [6.07, 6.45) is 14.2. The second-order valence-electron chi connectivity index (χ2n) is 16.4. The van der Waals surface area contributed by atoms with Gasteiger partial charge in [0.05, 0.1) is 30.0 Å². The second-order valence-corrected chi connectivity index (χ2v) is 16.4. The first-order valence-corrected chi connectivity index (χ1v) is 20.3. The second kappa shape index (κ2) is 14.6. The Morgan fingerprint density at radius 3 is 2.60 bits per heavy atom. The maximum Gasteiger partial charge on any atom is 0.261 e. The van der Waals surface area contributed by atoms with Crippen LogP contribution in [0.25, 0.3) is 16.6 Å². The van der Waals surface area contributed by atoms with Crippen molar-refractivity contribution < 1.29 is 23.9 Å². The molecule has 10 rings (SSSR count). The van der Waals surface area contributed by atoms with E-state index in [-0.39, 0.29) is 30.0 Å². The molecular weight excluding hydrogens is 725 g/mol. The van der Waals surface area contributed by atoms with E-state index in [4.69, 9.17) is 9.84 Å². The van der Waals surface area contributed by atoms with Crippen molar-refractivity contribution in [1.29, 1.82) is 0 Å². The summed E-state index contributed by atoms with van der Waals surface area (Å²) >= 11 is 0. The van der Waals surface area contributed by atoms with E-state index in [2.05, 4.69) is 47.5 Å². The summed E-state index contributed by atoms with van der Waals surface area (Å²) in [6.45, 7) is 6.01. The molecule has 4 fully saturated rings. The number of imide groups is 1. The van der Waals surface area contributed by atoms with Crippen molar-refractivity contribution in [2.24, 2.45) is 11.8 Å². The highest BCUT2D eigenvalue weighted by Gasteiger charge is 2.39. The molecule has 294 valence electrons. The van der Waals surface area contributed by atoms with Gasteiger partial charge in [-0.3, -0.25) is 29.2 Å². The van der Waals surface area contributed by atoms with E-state index >= 15 is 0 Å². The minimum atomic E-state index is -0.598. The quantitative estimate of drug-likeness (QED) is 0.195. The highest BCUT2D eigenvalue weighted by molar-refractivity contribution is 6.09. The Bertz CT molecular complexity index is 2390. The summed E-state index contributed by atoms with van der Waals surface area (Å²) < 4.78 is 9.95. The first kappa shape index (κ1) is 35.6. The van der Waals surface area contributed by atoms with Crippen LogP contribution in [0.15, 0.2) is 61.2 Å². The molecule has 15 heteroatoms. The van der Waals surface area contributed by atoms with Crippen LogP contribution in [0.1, 0.15) is 83.7 Å². The summed E-state index contributed by atoms with van der Waals surface area (Å²) in [5.74, 6) is 0.725. The minimum absolute atomic E-state index is 0.127. The minimum Gasteiger partial charge on any atom is -0.491 e. The van der Waals surface area contributed by atoms with Crippen molar-refractivity contribution in [3.05, 3.63) is 77.9 Å². The molecule has 15 nitrogen and oxygen atoms in total. The molecule has 5 aromatic rings. The van der Waals surface area contributed by atoms with Gasteiger partial charge in [0.25, 0.3) is 11.8 Å². The Kier molecular flexibility index (Phi) is 9.11. The fourth-order valence-corrected chi connectivity index (χ4v) is 8.99. The van der Waals surface area contributed by atoms with Gasteiger partial charge in [-0.2, -0.15) is 10.2 Å². The van der Waals surface area contributed by atoms with Crippen molar-refractivity contribution in [2.45, 2.75) is 70.0 Å². The fraction of sp³-hybridized carbons (Fsp3) is 0.452. The smallest absolute Gasteiger partial charge is 0.261 e. The molecule has 4 aliphatic heterocycles. The third-order valence-electron chi connectivity index (χ3n) is 12.5. The number of ether oxygens (including phenoxy) is 1. The van der Waals surface area contributed by atoms with Crippen molar-refractivity contribution in [2.75, 3.05) is 49.5 Å². The van der Waals surface area contributed by atoms with Crippen LogP contribution in [-0.2, 0) is 16.1 Å². The topological polar surface area (TPSA) is 159 Å². The molecular formula is C42H46N10O5. The number of benzene rings is 2. The monoisotopic (exact) mass is 770 g/mol. The number of aromatic nitrogens is 5. The Hall–Kier alpha value is -5.83. The lowest BCUT2D eigenvalue weighted by Gasteiger charge is -2.38. The number of nitrogens with one attached hydrogen (secondary N) is 2. The standard InChI is InChI=1S/C42H46N10O5/c53-38-7-6-36(41(55)46-38)50-23-28-4-5-31(19-32(28)42(50)56)49-16-8-26(9-17-49)22-48-14-10-30(11-15-48)52-24-29-18-35(37(20-34(29)47-52)57-25-27-2-3-27)45-40(54)33-21-44-51-13-1-12-43-39(33)51/h1,4-5,12-13,18-21,24,26-27,30,36H,2-3,6-11,14-17,22-23,25H2,(H,45,54)(H,46,53,55). The van der Waals surface area contributed by atoms with Crippen LogP contribution in [-0.4, -0.2) is 103 Å². The third kappa shape index (κ3) is 7.09. The predicted octanol–water partition coefficient (Wildman–Crippen LogP) is 4.43. The number of fused-ring (bicyclic) bond motifs is 3. The lowest BCUT2D eigenvalue weighted by atomic mass is 9.94. The van der Waals surface area contributed by atoms with Crippen LogP contribution in [0.4, 0.5) is 11.4 Å². The van der Waals surface area contributed by atoms with Gasteiger partial charge in [0.1, 0.15) is 17.4 Å². The van der Waals surface area contributed by atoms with Crippen molar-refractivity contribution in [3.63, 3.8) is 0 Å². The third-order valence-corrected chi connectivity index (χ3v) is 12.5. The molecule has 2 aromatic carbocycles. The van der Waals surface area contributed by atoms with Gasteiger partial charge in [-0.25, -0.2) is 9.50 Å². The predicted molar refractivity (Wildman–Crippen MR) is 211 cm³/mol. The van der Waals surface area contributed by atoms with Crippen molar-refractivity contribution >= 4 is 51.6 Å². The summed E-state index contributed by atoms with van der Waals surface area (Å²) in [5, 5.41) is 15.7. The molecule has 0 spiro atoms. The van der Waals surface area contributed by atoms with E-state index in [1.807, 2.05) is 24.3 Å². The average molecular weight is 771 g/mol. The van der Waals surface area contributed by atoms with Gasteiger partial charge in [0.2, 0.25) is 11.8 Å². The number of carbonyl (C=O) groups is 4. The maximum absolute atomic E-state index is 13.4. The lowest BCUT2D eigenvalue weighted by Crippen LogP contribution is -2.52. The number of piperidine rings is 3. The van der Waals surface area contributed by atoms with E-state index < -0.39 is 6.04 Å². The van der Waals surface area contributed by atoms with Gasteiger partial charge in [-0.05, 0) is 86.6 Å². The summed E-state index contributed by atoms with van der Waals surface area (Å²) in [6, 6.07) is 11.5. The largest absolute Gasteiger partial charge is 0.491 e. The molecule has 1 aliphatic carbocycles. The van der Waals surface area contributed by atoms with Gasteiger partial charge in [-0.15, -0.1) is 0 Å². The zero-order valence-electron chi connectivity index (χ0n) is 31.8. The van der Waals surface area contributed by atoms with Crippen LogP contribution < -0.4 is 20.3 Å². The fourth-order valence-electron chi connectivity index (χ4n) is 8.99. The molecule has 3 aromatic heterocycles. The highest BCUT2D eigenvalue weighted by Crippen LogP contribution is 2.36. The molecule has 1 unspecified atom stereocenters. The first-order chi connectivity index (χ1) is 27.8. The van der Waals surface area contributed by atoms with E-state index in [9.17, 15) is 19.2 Å². The Labute approximate surface area is 329 Å². The van der Waals surface area contributed by atoms with Crippen LogP contribution in [0.2, 0.25) is 0 Å². The number of likely N-dealkylation sites (tertiary alicyclic amines) is 1. The molecule has 2 N–H and O–H groups in total. The van der Waals surface area contributed by atoms with E-state index in [1.165, 1.54) is 19.0 Å². The number of hydrogen-bond donors (Lipinski definition) is 2. The number of amides is 4. The summed E-state index contributed by atoms with van der Waals surface area (Å²) in [7, 11) is 0. The summed E-state index contributed by atoms with van der Waals surface area (Å²) in [5.41, 5.74) is 5.02. The van der Waals surface area contributed by atoms with Crippen molar-refractivity contribution in [1.82, 2.24) is 39.5 Å². The molecule has 7 heterocycles. The Balaban J connectivity index is 0.742. The molecule has 4 amide bonds. The van der Waals surface area contributed by atoms with E-state index in [0.29, 0.717) is 65.7 Å². The number of nitrogens with zero attached hydrogens (tertiary/aromatic N) is 8. The molecule has 1 saturated carbocycles. The number of hydrogen-bond acceptors (Lipinski definition) is 10. The molecule has 57 heavy (non-hydrogen) atoms. The van der Waals surface area contributed by atoms with Crippen LogP contribution in [0.3, 0.4) is 0 Å². The SMILES string of the molecule is O=C1CCC(N2Cc3ccc(N4CCC(CN5CCC(n6cc7cc(NC(=O)c8cnn9cccnc89)c(OCC8CC8)cc7n6)CC5)CC4)cc3C2=O)C(=O)N1. The first-order valence-electron chi connectivity index (χ1n) is 20.3. The van der Waals surface area contributed by atoms with Gasteiger partial charge < -0.3 is 24.8 Å². The lowest BCUT2D eigenvalue weighted by molar-refractivity contribution is -0.136. The zero-order valence-corrected chi connectivity index (χ0v) is 31.8. The average Bonchev–Trinajstić information content (AvgIpc) is 3.65. The molecule has 5 aliphatic rings. The van der Waals surface area contributed by atoms with Crippen LogP contribution in [0.5, 0.6) is 5.75 Å². The number of carbonyl (C=O) groups excluding carboxylic acids is 4. The normalized spacial score (nSPS) is 21.1. The van der Waals surface area contributed by atoms with E-state index in [0.717, 1.165) is 80.6 Å². The zero-order chi connectivity index (χ0) is 38.6. The van der Waals surface area contributed by atoms with Crippen LogP contribution in [0, 0.1) is 11.8 Å². The summed E-state index contributed by atoms with van der Waals surface area (Å²) in [4.78, 5) is 61.9. The van der Waals surface area contributed by atoms with Crippen LogP contribution >= 0.6 is 0 Å². The van der Waals surface area contributed by atoms with Gasteiger partial charge in [0.15, 0.2) is 5.65 Å². The molecule has 1 atom stereocenters. The van der Waals surface area contributed by atoms with Gasteiger partial charge in [0, 0.05) is 87.0 Å². The van der Waals surface area contributed by atoms with E-state index in [1.54, 1.807) is 27.9 Å². The van der Waals surface area contributed by atoms with Gasteiger partial charge in [-0.1, -0.05) is 6.07 Å². The molecule has 3 saturated heterocycles.